The van der Waals surface area contributed by atoms with Gasteiger partial charge in [-0.05, 0) is 51.3 Å². The van der Waals surface area contributed by atoms with E-state index >= 15 is 0 Å². The van der Waals surface area contributed by atoms with E-state index in [0.29, 0.717) is 0 Å². The molecule has 1 rings (SSSR count). The highest BCUT2D eigenvalue weighted by atomic mass is 14.9. The summed E-state index contributed by atoms with van der Waals surface area (Å²) in [5.74, 6) is 0.799. The van der Waals surface area contributed by atoms with Gasteiger partial charge in [-0.2, -0.15) is 0 Å². The van der Waals surface area contributed by atoms with Crippen molar-refractivity contribution in [2.45, 2.75) is 68.2 Å². The number of hydrogen-bond donors (Lipinski definition) is 1. The summed E-state index contributed by atoms with van der Waals surface area (Å²) >= 11 is 0. The van der Waals surface area contributed by atoms with E-state index in [9.17, 15) is 0 Å². The van der Waals surface area contributed by atoms with Gasteiger partial charge in [0.2, 0.25) is 0 Å². The summed E-state index contributed by atoms with van der Waals surface area (Å²) in [6.45, 7) is 24.6. The van der Waals surface area contributed by atoms with Crippen molar-refractivity contribution >= 4 is 0 Å². The second-order valence-electron chi connectivity index (χ2n) is 3.31. The molecule has 0 atom stereocenters. The Bertz CT molecular complexity index is 186. The first-order valence-electron chi connectivity index (χ1n) is 8.38. The Labute approximate surface area is 130 Å². The van der Waals surface area contributed by atoms with Gasteiger partial charge in [0, 0.05) is 0 Å². The van der Waals surface area contributed by atoms with Crippen LogP contribution in [0.15, 0.2) is 37.0 Å². The molecule has 0 aromatic carbocycles. The quantitative estimate of drug-likeness (QED) is 0.457. The first-order valence-corrected chi connectivity index (χ1v) is 8.38. The van der Waals surface area contributed by atoms with Gasteiger partial charge in [-0.3, -0.25) is 0 Å². The fraction of sp³-hybridized carbons (Fsp3) is 0.684. The molecule has 20 heavy (non-hydrogen) atoms. The Morgan fingerprint density at radius 3 is 1.60 bits per heavy atom. The highest BCUT2D eigenvalue weighted by Crippen LogP contribution is 2.21. The summed E-state index contributed by atoms with van der Waals surface area (Å²) in [5, 5.41) is 3.38. The standard InChI is InChI=1S/C11H19N.3C2H6.C2H4/c1-3-5-10(4-2)11-6-8-12-9-7-11;4*1-2/h3-5,11-12H,6-9H2,1-2H3;3*1-2H3;1-2H2/b5-3-,10-4+;;;;. The number of allylic oxidation sites excluding steroid dienone is 4. The number of piperidine rings is 1. The average molecular weight is 284 g/mol. The van der Waals surface area contributed by atoms with Crippen molar-refractivity contribution in [3.8, 4) is 0 Å². The van der Waals surface area contributed by atoms with E-state index in [1.807, 2.05) is 41.5 Å². The molecule has 0 amide bonds. The summed E-state index contributed by atoms with van der Waals surface area (Å²) < 4.78 is 0. The molecule has 0 aromatic rings. The molecular formula is C19H41N. The Balaban J connectivity index is -0.000000138. The lowest BCUT2D eigenvalue weighted by molar-refractivity contribution is 0.425. The van der Waals surface area contributed by atoms with Crippen molar-refractivity contribution in [3.05, 3.63) is 37.0 Å². The molecule has 1 aliphatic heterocycles. The molecule has 1 N–H and O–H groups in total. The fourth-order valence-electron chi connectivity index (χ4n) is 1.82. The summed E-state index contributed by atoms with van der Waals surface area (Å²) in [7, 11) is 0. The zero-order chi connectivity index (χ0) is 16.8. The SMILES string of the molecule is C/C=C\C(=C/C)C1CCNCC1.C=C.CC.CC.CC. The lowest BCUT2D eigenvalue weighted by Crippen LogP contribution is -2.28. The van der Waals surface area contributed by atoms with Gasteiger partial charge < -0.3 is 5.32 Å². The van der Waals surface area contributed by atoms with Crippen LogP contribution < -0.4 is 5.32 Å². The molecule has 0 aliphatic carbocycles. The van der Waals surface area contributed by atoms with Crippen LogP contribution in [0.4, 0.5) is 0 Å². The third-order valence-electron chi connectivity index (χ3n) is 2.50. The van der Waals surface area contributed by atoms with Crippen LogP contribution >= 0.6 is 0 Å². The largest absolute Gasteiger partial charge is 0.317 e. The van der Waals surface area contributed by atoms with Crippen LogP contribution in [0.3, 0.4) is 0 Å². The van der Waals surface area contributed by atoms with Gasteiger partial charge in [0.25, 0.3) is 0 Å². The van der Waals surface area contributed by atoms with Gasteiger partial charge in [-0.1, -0.05) is 59.8 Å². The third kappa shape index (κ3) is 17.2. The van der Waals surface area contributed by atoms with E-state index in [1.54, 1.807) is 0 Å². The molecule has 1 saturated heterocycles. The van der Waals surface area contributed by atoms with E-state index in [1.165, 1.54) is 31.5 Å². The molecule has 1 nitrogen and oxygen atoms in total. The van der Waals surface area contributed by atoms with Gasteiger partial charge >= 0.3 is 0 Å². The second-order valence-corrected chi connectivity index (χ2v) is 3.31. The molecule has 1 aliphatic rings. The van der Waals surface area contributed by atoms with Crippen LogP contribution in [0.1, 0.15) is 68.2 Å². The van der Waals surface area contributed by atoms with Crippen molar-refractivity contribution in [1.82, 2.24) is 5.32 Å². The fourth-order valence-corrected chi connectivity index (χ4v) is 1.82. The van der Waals surface area contributed by atoms with Crippen LogP contribution in [-0.4, -0.2) is 13.1 Å². The van der Waals surface area contributed by atoms with Crippen molar-refractivity contribution < 1.29 is 0 Å². The first kappa shape index (κ1) is 27.5. The van der Waals surface area contributed by atoms with Crippen molar-refractivity contribution in [2.24, 2.45) is 5.92 Å². The molecule has 0 unspecified atom stereocenters. The molecule has 0 aromatic heterocycles. The van der Waals surface area contributed by atoms with E-state index in [0.717, 1.165) is 5.92 Å². The Hall–Kier alpha value is -0.820. The van der Waals surface area contributed by atoms with Crippen molar-refractivity contribution in [2.75, 3.05) is 13.1 Å². The molecule has 0 spiro atoms. The number of rotatable bonds is 2. The van der Waals surface area contributed by atoms with Gasteiger partial charge in [0.05, 0.1) is 0 Å². The van der Waals surface area contributed by atoms with Gasteiger partial charge in [0.1, 0.15) is 0 Å². The smallest absolute Gasteiger partial charge is 0.00431 e. The molecule has 0 bridgehead atoms. The highest BCUT2D eigenvalue weighted by molar-refractivity contribution is 5.21. The van der Waals surface area contributed by atoms with Crippen LogP contribution in [0.5, 0.6) is 0 Å². The van der Waals surface area contributed by atoms with Crippen molar-refractivity contribution in [3.63, 3.8) is 0 Å². The van der Waals surface area contributed by atoms with Gasteiger partial charge in [0.15, 0.2) is 0 Å². The maximum absolute atomic E-state index is 3.38. The number of hydrogen-bond acceptors (Lipinski definition) is 1. The Kier molecular flexibility index (Phi) is 42.5. The molecule has 1 heteroatoms. The molecule has 1 fully saturated rings. The minimum Gasteiger partial charge on any atom is -0.317 e. The van der Waals surface area contributed by atoms with Gasteiger partial charge in [-0.25, -0.2) is 0 Å². The maximum Gasteiger partial charge on any atom is -0.00431 e. The Morgan fingerprint density at radius 2 is 1.30 bits per heavy atom. The highest BCUT2D eigenvalue weighted by Gasteiger charge is 2.14. The van der Waals surface area contributed by atoms with E-state index in [2.05, 4.69) is 50.6 Å². The van der Waals surface area contributed by atoms with E-state index in [-0.39, 0.29) is 0 Å². The summed E-state index contributed by atoms with van der Waals surface area (Å²) in [5.41, 5.74) is 1.51. The molecular weight excluding hydrogens is 242 g/mol. The zero-order valence-electron chi connectivity index (χ0n) is 15.6. The molecule has 0 radical (unpaired) electrons. The van der Waals surface area contributed by atoms with Gasteiger partial charge in [-0.15, -0.1) is 13.2 Å². The maximum atomic E-state index is 3.38. The monoisotopic (exact) mass is 283 g/mol. The topological polar surface area (TPSA) is 12.0 Å². The summed E-state index contributed by atoms with van der Waals surface area (Å²) in [6, 6.07) is 0. The van der Waals surface area contributed by atoms with E-state index < -0.39 is 0 Å². The summed E-state index contributed by atoms with van der Waals surface area (Å²) in [6.07, 6.45) is 9.22. The van der Waals surface area contributed by atoms with Crippen LogP contribution in [0.25, 0.3) is 0 Å². The second kappa shape index (κ2) is 30.9. The normalized spacial score (nSPS) is 14.3. The Morgan fingerprint density at radius 1 is 0.900 bits per heavy atom. The third-order valence-corrected chi connectivity index (χ3v) is 2.50. The predicted octanol–water partition coefficient (Wildman–Crippen LogP) is 6.39. The summed E-state index contributed by atoms with van der Waals surface area (Å²) in [4.78, 5) is 0. The van der Waals surface area contributed by atoms with Crippen molar-refractivity contribution in [1.29, 1.82) is 0 Å². The first-order chi connectivity index (χ1) is 9.88. The predicted molar refractivity (Wildman–Crippen MR) is 99.5 cm³/mol. The molecule has 122 valence electrons. The van der Waals surface area contributed by atoms with Crippen LogP contribution in [0.2, 0.25) is 0 Å². The molecule has 0 saturated carbocycles. The minimum absolute atomic E-state index is 0.799. The number of nitrogens with one attached hydrogen (secondary N) is 1. The minimum atomic E-state index is 0.799. The zero-order valence-corrected chi connectivity index (χ0v) is 15.6. The van der Waals surface area contributed by atoms with E-state index in [4.69, 9.17) is 0 Å². The van der Waals surface area contributed by atoms with Crippen LogP contribution in [0, 0.1) is 5.92 Å². The molecule has 1 heterocycles. The lowest BCUT2D eigenvalue weighted by Gasteiger charge is -2.23. The lowest BCUT2D eigenvalue weighted by atomic mass is 9.89. The average Bonchev–Trinajstić information content (AvgIpc) is 2.60. The van der Waals surface area contributed by atoms with Crippen LogP contribution in [-0.2, 0) is 0 Å².